The van der Waals surface area contributed by atoms with Crippen molar-refractivity contribution in [1.82, 2.24) is 0 Å². The molecule has 0 bridgehead atoms. The molecule has 0 spiro atoms. The van der Waals surface area contributed by atoms with E-state index in [4.69, 9.17) is 28.3 Å². The van der Waals surface area contributed by atoms with Crippen LogP contribution in [-0.2, 0) is 4.79 Å². The predicted molar refractivity (Wildman–Crippen MR) is 77.0 cm³/mol. The molecular formula is C15H12Cl2O2. The van der Waals surface area contributed by atoms with Gasteiger partial charge in [-0.05, 0) is 35.4 Å². The number of hydrogen-bond acceptors (Lipinski definition) is 1. The Morgan fingerprint density at radius 2 is 1.68 bits per heavy atom. The van der Waals surface area contributed by atoms with Gasteiger partial charge in [0, 0.05) is 16.0 Å². The maximum Gasteiger partial charge on any atom is 0.304 e. The lowest BCUT2D eigenvalue weighted by Gasteiger charge is -2.16. The molecule has 1 unspecified atom stereocenters. The first-order chi connectivity index (χ1) is 9.06. The Morgan fingerprint density at radius 1 is 1.00 bits per heavy atom. The summed E-state index contributed by atoms with van der Waals surface area (Å²) >= 11 is 11.8. The standard InChI is InChI=1S/C15H12Cl2O2/c16-12-6-4-10(5-7-12)14(9-15(18)19)11-2-1-3-13(17)8-11/h1-8,14H,9H2,(H,18,19). The first-order valence-corrected chi connectivity index (χ1v) is 6.54. The van der Waals surface area contributed by atoms with E-state index in [1.807, 2.05) is 24.3 Å². The zero-order chi connectivity index (χ0) is 13.8. The van der Waals surface area contributed by atoms with E-state index in [2.05, 4.69) is 0 Å². The SMILES string of the molecule is O=C(O)CC(c1ccc(Cl)cc1)c1cccc(Cl)c1. The van der Waals surface area contributed by atoms with E-state index < -0.39 is 5.97 Å². The molecule has 0 radical (unpaired) electrons. The number of aliphatic carboxylic acids is 1. The average Bonchev–Trinajstić information content (AvgIpc) is 2.37. The monoisotopic (exact) mass is 294 g/mol. The molecule has 0 aromatic heterocycles. The van der Waals surface area contributed by atoms with Gasteiger partial charge in [-0.25, -0.2) is 0 Å². The minimum atomic E-state index is -0.847. The van der Waals surface area contributed by atoms with Crippen LogP contribution >= 0.6 is 23.2 Å². The number of halogens is 2. The summed E-state index contributed by atoms with van der Waals surface area (Å²) in [6.45, 7) is 0. The lowest BCUT2D eigenvalue weighted by Crippen LogP contribution is -2.07. The number of carboxylic acid groups (broad SMARTS) is 1. The Morgan fingerprint density at radius 3 is 2.26 bits per heavy atom. The van der Waals surface area contributed by atoms with Crippen molar-refractivity contribution in [3.05, 3.63) is 69.7 Å². The molecule has 1 N–H and O–H groups in total. The molecule has 98 valence electrons. The van der Waals surface area contributed by atoms with E-state index in [0.717, 1.165) is 11.1 Å². The average molecular weight is 295 g/mol. The van der Waals surface area contributed by atoms with Crippen LogP contribution in [-0.4, -0.2) is 11.1 Å². The summed E-state index contributed by atoms with van der Waals surface area (Å²) < 4.78 is 0. The van der Waals surface area contributed by atoms with Crippen molar-refractivity contribution in [1.29, 1.82) is 0 Å². The highest BCUT2D eigenvalue weighted by molar-refractivity contribution is 6.30. The highest BCUT2D eigenvalue weighted by atomic mass is 35.5. The van der Waals surface area contributed by atoms with Crippen molar-refractivity contribution in [3.8, 4) is 0 Å². The second kappa shape index (κ2) is 6.09. The molecule has 0 heterocycles. The van der Waals surface area contributed by atoms with Gasteiger partial charge >= 0.3 is 5.97 Å². The van der Waals surface area contributed by atoms with E-state index in [-0.39, 0.29) is 12.3 Å². The third-order valence-electron chi connectivity index (χ3n) is 2.90. The van der Waals surface area contributed by atoms with Gasteiger partial charge in [0.05, 0.1) is 6.42 Å². The lowest BCUT2D eigenvalue weighted by atomic mass is 9.89. The molecule has 0 aliphatic heterocycles. The van der Waals surface area contributed by atoms with E-state index in [9.17, 15) is 4.79 Å². The predicted octanol–water partition coefficient (Wildman–Crippen LogP) is 4.60. The summed E-state index contributed by atoms with van der Waals surface area (Å²) in [4.78, 5) is 11.0. The lowest BCUT2D eigenvalue weighted by molar-refractivity contribution is -0.137. The van der Waals surface area contributed by atoms with Crippen molar-refractivity contribution in [2.24, 2.45) is 0 Å². The van der Waals surface area contributed by atoms with Gasteiger partial charge in [-0.1, -0.05) is 47.5 Å². The highest BCUT2D eigenvalue weighted by Gasteiger charge is 2.18. The number of carboxylic acids is 1. The minimum Gasteiger partial charge on any atom is -0.481 e. The fourth-order valence-electron chi connectivity index (χ4n) is 2.02. The van der Waals surface area contributed by atoms with Crippen LogP contribution in [0.5, 0.6) is 0 Å². The Labute approximate surface area is 121 Å². The molecule has 2 rings (SSSR count). The largest absolute Gasteiger partial charge is 0.481 e. The summed E-state index contributed by atoms with van der Waals surface area (Å²) in [7, 11) is 0. The van der Waals surface area contributed by atoms with Gasteiger partial charge in [0.15, 0.2) is 0 Å². The Balaban J connectivity index is 2.40. The zero-order valence-electron chi connectivity index (χ0n) is 10.0. The Bertz CT molecular complexity index is 579. The van der Waals surface area contributed by atoms with Crippen LogP contribution in [0.25, 0.3) is 0 Å². The molecule has 0 amide bonds. The van der Waals surface area contributed by atoms with Gasteiger partial charge in [0.25, 0.3) is 0 Å². The van der Waals surface area contributed by atoms with Crippen LogP contribution in [0, 0.1) is 0 Å². The van der Waals surface area contributed by atoms with Gasteiger partial charge in [0.1, 0.15) is 0 Å². The van der Waals surface area contributed by atoms with E-state index >= 15 is 0 Å². The Kier molecular flexibility index (Phi) is 4.46. The number of benzene rings is 2. The summed E-state index contributed by atoms with van der Waals surface area (Å²) in [5.41, 5.74) is 1.80. The summed E-state index contributed by atoms with van der Waals surface area (Å²) in [5, 5.41) is 10.3. The number of carbonyl (C=O) groups is 1. The third kappa shape index (κ3) is 3.72. The minimum absolute atomic E-state index is 0.0158. The van der Waals surface area contributed by atoms with Crippen LogP contribution in [0.4, 0.5) is 0 Å². The molecule has 0 saturated heterocycles. The van der Waals surface area contributed by atoms with E-state index in [1.54, 1.807) is 24.3 Å². The molecule has 2 nitrogen and oxygen atoms in total. The molecule has 2 aromatic rings. The van der Waals surface area contributed by atoms with Crippen LogP contribution in [0.3, 0.4) is 0 Å². The molecule has 0 saturated carbocycles. The molecule has 1 atom stereocenters. The fraction of sp³-hybridized carbons (Fsp3) is 0.133. The maximum absolute atomic E-state index is 11.0. The molecule has 0 aliphatic carbocycles. The molecular weight excluding hydrogens is 283 g/mol. The molecule has 4 heteroatoms. The van der Waals surface area contributed by atoms with Crippen molar-refractivity contribution in [2.75, 3.05) is 0 Å². The topological polar surface area (TPSA) is 37.3 Å². The quantitative estimate of drug-likeness (QED) is 0.895. The number of rotatable bonds is 4. The van der Waals surface area contributed by atoms with Crippen molar-refractivity contribution in [2.45, 2.75) is 12.3 Å². The number of hydrogen-bond donors (Lipinski definition) is 1. The fourth-order valence-corrected chi connectivity index (χ4v) is 2.35. The van der Waals surface area contributed by atoms with E-state index in [1.165, 1.54) is 0 Å². The van der Waals surface area contributed by atoms with Gasteiger partial charge in [-0.3, -0.25) is 4.79 Å². The molecule has 0 aliphatic rings. The van der Waals surface area contributed by atoms with Gasteiger partial charge in [-0.15, -0.1) is 0 Å². The van der Waals surface area contributed by atoms with Gasteiger partial charge < -0.3 is 5.11 Å². The summed E-state index contributed by atoms with van der Waals surface area (Å²) in [6.07, 6.45) is 0.0158. The third-order valence-corrected chi connectivity index (χ3v) is 3.39. The molecule has 2 aromatic carbocycles. The van der Waals surface area contributed by atoms with Crippen LogP contribution in [0.15, 0.2) is 48.5 Å². The smallest absolute Gasteiger partial charge is 0.304 e. The second-order valence-corrected chi connectivity index (χ2v) is 5.13. The first kappa shape index (κ1) is 13.9. The molecule has 19 heavy (non-hydrogen) atoms. The van der Waals surface area contributed by atoms with Crippen molar-refractivity contribution < 1.29 is 9.90 Å². The highest BCUT2D eigenvalue weighted by Crippen LogP contribution is 2.30. The first-order valence-electron chi connectivity index (χ1n) is 5.79. The van der Waals surface area contributed by atoms with Crippen molar-refractivity contribution in [3.63, 3.8) is 0 Å². The maximum atomic E-state index is 11.0. The van der Waals surface area contributed by atoms with Crippen LogP contribution < -0.4 is 0 Å². The summed E-state index contributed by atoms with van der Waals surface area (Å²) in [5.74, 6) is -1.08. The zero-order valence-corrected chi connectivity index (χ0v) is 11.5. The van der Waals surface area contributed by atoms with Crippen molar-refractivity contribution >= 4 is 29.2 Å². The summed E-state index contributed by atoms with van der Waals surface area (Å²) in [6, 6.07) is 14.5. The van der Waals surface area contributed by atoms with Gasteiger partial charge in [-0.2, -0.15) is 0 Å². The Hall–Kier alpha value is -1.51. The van der Waals surface area contributed by atoms with Gasteiger partial charge in [0.2, 0.25) is 0 Å². The normalized spacial score (nSPS) is 12.1. The van der Waals surface area contributed by atoms with E-state index in [0.29, 0.717) is 10.0 Å². The van der Waals surface area contributed by atoms with Crippen LogP contribution in [0.2, 0.25) is 10.0 Å². The second-order valence-electron chi connectivity index (χ2n) is 4.26. The van der Waals surface area contributed by atoms with Crippen LogP contribution in [0.1, 0.15) is 23.5 Å². The molecule has 0 fully saturated rings.